The molecule has 1 atom stereocenters. The fourth-order valence-electron chi connectivity index (χ4n) is 1.46. The van der Waals surface area contributed by atoms with Crippen molar-refractivity contribution in [1.29, 1.82) is 0 Å². The third kappa shape index (κ3) is 3.43. The largest absolute Gasteiger partial charge is 0.480 e. The summed E-state index contributed by atoms with van der Waals surface area (Å²) in [5.41, 5.74) is -0.0704. The number of nitrogens with one attached hydrogen (secondary N) is 1. The monoisotopic (exact) mass is 273 g/mol. The van der Waals surface area contributed by atoms with E-state index >= 15 is 0 Å². The Hall–Kier alpha value is -1.62. The summed E-state index contributed by atoms with van der Waals surface area (Å²) in [7, 11) is 0. The lowest BCUT2D eigenvalue weighted by Gasteiger charge is -2.14. The molecule has 4 nitrogen and oxygen atoms in total. The molecule has 2 N–H and O–H groups in total. The van der Waals surface area contributed by atoms with Gasteiger partial charge in [0, 0.05) is 0 Å². The maximum absolute atomic E-state index is 13.2. The Balaban J connectivity index is 2.87. The summed E-state index contributed by atoms with van der Waals surface area (Å²) in [6.07, 6.45) is 0.905. The summed E-state index contributed by atoms with van der Waals surface area (Å²) >= 11 is 5.64. The summed E-state index contributed by atoms with van der Waals surface area (Å²) in [6.45, 7) is 1.80. The highest BCUT2D eigenvalue weighted by atomic mass is 35.5. The van der Waals surface area contributed by atoms with Crippen LogP contribution in [-0.2, 0) is 4.79 Å². The van der Waals surface area contributed by atoms with E-state index in [1.807, 2.05) is 0 Å². The molecule has 1 aromatic carbocycles. The lowest BCUT2D eigenvalue weighted by atomic mass is 10.1. The molecule has 0 aromatic heterocycles. The maximum Gasteiger partial charge on any atom is 0.326 e. The highest BCUT2D eigenvalue weighted by molar-refractivity contribution is 6.34. The van der Waals surface area contributed by atoms with E-state index in [1.165, 1.54) is 12.1 Å². The topological polar surface area (TPSA) is 66.4 Å². The van der Waals surface area contributed by atoms with E-state index < -0.39 is 23.7 Å². The molecule has 0 saturated heterocycles. The van der Waals surface area contributed by atoms with Crippen molar-refractivity contribution in [2.24, 2.45) is 0 Å². The summed E-state index contributed by atoms with van der Waals surface area (Å²) in [6, 6.07) is 2.80. The fraction of sp³-hybridized carbons (Fsp3) is 0.333. The lowest BCUT2D eigenvalue weighted by molar-refractivity contribution is -0.139. The van der Waals surface area contributed by atoms with Crippen molar-refractivity contribution in [3.05, 3.63) is 34.6 Å². The van der Waals surface area contributed by atoms with Gasteiger partial charge in [0.15, 0.2) is 0 Å². The third-order valence-electron chi connectivity index (χ3n) is 2.38. The van der Waals surface area contributed by atoms with E-state index in [-0.39, 0.29) is 10.6 Å². The number of hydrogen-bond acceptors (Lipinski definition) is 2. The Morgan fingerprint density at radius 3 is 2.72 bits per heavy atom. The van der Waals surface area contributed by atoms with Gasteiger partial charge in [-0.3, -0.25) is 4.79 Å². The molecule has 0 heterocycles. The molecule has 1 rings (SSSR count). The first-order valence-electron chi connectivity index (χ1n) is 5.45. The molecule has 0 fully saturated rings. The highest BCUT2D eigenvalue weighted by Gasteiger charge is 2.21. The molecule has 0 radical (unpaired) electrons. The predicted molar refractivity (Wildman–Crippen MR) is 65.2 cm³/mol. The van der Waals surface area contributed by atoms with Crippen molar-refractivity contribution in [3.8, 4) is 0 Å². The minimum absolute atomic E-state index is 0.0704. The van der Waals surface area contributed by atoms with Gasteiger partial charge < -0.3 is 10.4 Å². The normalized spacial score (nSPS) is 11.9. The van der Waals surface area contributed by atoms with E-state index in [1.54, 1.807) is 6.92 Å². The maximum atomic E-state index is 13.2. The standard InChI is InChI=1S/C12H13ClFNO3/c1-2-4-9(12(17)18)15-11(16)7-5-3-6-8(14)10(7)13/h3,5-6,9H,2,4H2,1H3,(H,15,16)(H,17,18)/t9-/m0/s1. The summed E-state index contributed by atoms with van der Waals surface area (Å²) in [5, 5.41) is 10.9. The second-order valence-corrected chi connectivity index (χ2v) is 4.13. The quantitative estimate of drug-likeness (QED) is 0.866. The van der Waals surface area contributed by atoms with E-state index in [9.17, 15) is 14.0 Å². The van der Waals surface area contributed by atoms with Crippen LogP contribution in [0.5, 0.6) is 0 Å². The van der Waals surface area contributed by atoms with E-state index in [4.69, 9.17) is 16.7 Å². The molecule has 6 heteroatoms. The molecular weight excluding hydrogens is 261 g/mol. The van der Waals surface area contributed by atoms with Crippen LogP contribution in [0.2, 0.25) is 5.02 Å². The number of carboxylic acids is 1. The second kappa shape index (κ2) is 6.35. The molecule has 0 saturated carbocycles. The van der Waals surface area contributed by atoms with Crippen LogP contribution >= 0.6 is 11.6 Å². The van der Waals surface area contributed by atoms with Crippen LogP contribution in [0.1, 0.15) is 30.1 Å². The molecule has 18 heavy (non-hydrogen) atoms. The summed E-state index contributed by atoms with van der Waals surface area (Å²) in [4.78, 5) is 22.7. The Labute approximate surface area is 109 Å². The predicted octanol–water partition coefficient (Wildman–Crippen LogP) is 2.46. The number of halogens is 2. The van der Waals surface area contributed by atoms with Gasteiger partial charge in [-0.05, 0) is 18.6 Å². The lowest BCUT2D eigenvalue weighted by Crippen LogP contribution is -2.40. The fourth-order valence-corrected chi connectivity index (χ4v) is 1.67. The van der Waals surface area contributed by atoms with Gasteiger partial charge >= 0.3 is 5.97 Å². The minimum Gasteiger partial charge on any atom is -0.480 e. The van der Waals surface area contributed by atoms with Gasteiger partial charge in [-0.2, -0.15) is 0 Å². The molecule has 0 aliphatic rings. The van der Waals surface area contributed by atoms with Gasteiger partial charge in [0.2, 0.25) is 0 Å². The second-order valence-electron chi connectivity index (χ2n) is 3.75. The van der Waals surface area contributed by atoms with Gasteiger partial charge in [-0.25, -0.2) is 9.18 Å². The number of carbonyl (C=O) groups excluding carboxylic acids is 1. The van der Waals surface area contributed by atoms with Gasteiger partial charge in [-0.15, -0.1) is 0 Å². The third-order valence-corrected chi connectivity index (χ3v) is 2.76. The van der Waals surface area contributed by atoms with Crippen LogP contribution < -0.4 is 5.32 Å². The summed E-state index contributed by atoms with van der Waals surface area (Å²) in [5.74, 6) is -2.54. The number of carbonyl (C=O) groups is 2. The van der Waals surface area contributed by atoms with Crippen molar-refractivity contribution in [3.63, 3.8) is 0 Å². The van der Waals surface area contributed by atoms with Crippen LogP contribution in [0.25, 0.3) is 0 Å². The first-order valence-corrected chi connectivity index (χ1v) is 5.82. The number of benzene rings is 1. The zero-order valence-electron chi connectivity index (χ0n) is 9.74. The van der Waals surface area contributed by atoms with Crippen molar-refractivity contribution >= 4 is 23.5 Å². The molecule has 0 unspecified atom stereocenters. The van der Waals surface area contributed by atoms with E-state index in [0.29, 0.717) is 12.8 Å². The Morgan fingerprint density at radius 1 is 1.50 bits per heavy atom. The Morgan fingerprint density at radius 2 is 2.17 bits per heavy atom. The number of carboxylic acid groups (broad SMARTS) is 1. The minimum atomic E-state index is -1.13. The van der Waals surface area contributed by atoms with Crippen molar-refractivity contribution in [1.82, 2.24) is 5.32 Å². The molecule has 1 aromatic rings. The molecule has 0 aliphatic carbocycles. The molecule has 0 aliphatic heterocycles. The van der Waals surface area contributed by atoms with Crippen molar-refractivity contribution in [2.45, 2.75) is 25.8 Å². The van der Waals surface area contributed by atoms with Crippen LogP contribution in [0.15, 0.2) is 18.2 Å². The number of amides is 1. The van der Waals surface area contributed by atoms with Gasteiger partial charge in [-0.1, -0.05) is 31.0 Å². The van der Waals surface area contributed by atoms with Gasteiger partial charge in [0.1, 0.15) is 11.9 Å². The molecule has 0 spiro atoms. The van der Waals surface area contributed by atoms with E-state index in [2.05, 4.69) is 5.32 Å². The molecular formula is C12H13ClFNO3. The SMILES string of the molecule is CCC[C@H](NC(=O)c1cccc(F)c1Cl)C(=O)O. The smallest absolute Gasteiger partial charge is 0.326 e. The van der Waals surface area contributed by atoms with Crippen molar-refractivity contribution < 1.29 is 19.1 Å². The molecule has 98 valence electrons. The average molecular weight is 274 g/mol. The van der Waals surface area contributed by atoms with Crippen LogP contribution in [-0.4, -0.2) is 23.0 Å². The first-order chi connectivity index (χ1) is 8.47. The van der Waals surface area contributed by atoms with Crippen LogP contribution in [0, 0.1) is 5.82 Å². The summed E-state index contributed by atoms with van der Waals surface area (Å²) < 4.78 is 13.2. The van der Waals surface area contributed by atoms with Crippen LogP contribution in [0.4, 0.5) is 4.39 Å². The molecule has 0 bridgehead atoms. The van der Waals surface area contributed by atoms with Gasteiger partial charge in [0.05, 0.1) is 10.6 Å². The number of aliphatic carboxylic acids is 1. The first kappa shape index (κ1) is 14.4. The van der Waals surface area contributed by atoms with Gasteiger partial charge in [0.25, 0.3) is 5.91 Å². The zero-order chi connectivity index (χ0) is 13.7. The zero-order valence-corrected chi connectivity index (χ0v) is 10.5. The van der Waals surface area contributed by atoms with Crippen LogP contribution in [0.3, 0.4) is 0 Å². The van der Waals surface area contributed by atoms with Crippen molar-refractivity contribution in [2.75, 3.05) is 0 Å². The average Bonchev–Trinajstić information content (AvgIpc) is 2.31. The number of rotatable bonds is 5. The molecule has 1 amide bonds. The highest BCUT2D eigenvalue weighted by Crippen LogP contribution is 2.19. The Bertz CT molecular complexity index is 465. The Kier molecular flexibility index (Phi) is 5.09. The van der Waals surface area contributed by atoms with E-state index in [0.717, 1.165) is 6.07 Å². The number of hydrogen-bond donors (Lipinski definition) is 2.